The third-order valence-corrected chi connectivity index (χ3v) is 1.64. The summed E-state index contributed by atoms with van der Waals surface area (Å²) in [5, 5.41) is 0. The van der Waals surface area contributed by atoms with E-state index in [0.29, 0.717) is 24.5 Å². The van der Waals surface area contributed by atoms with E-state index in [1.54, 1.807) is 18.3 Å². The van der Waals surface area contributed by atoms with Crippen LogP contribution in [-0.2, 0) is 0 Å². The Morgan fingerprint density at radius 2 is 2.45 bits per heavy atom. The van der Waals surface area contributed by atoms with Crippen LogP contribution < -0.4 is 4.74 Å². The molecule has 2 heterocycles. The van der Waals surface area contributed by atoms with Crippen molar-refractivity contribution in [2.45, 2.75) is 6.42 Å². The Hall–Kier alpha value is -1.38. The van der Waals surface area contributed by atoms with Crippen LogP contribution in [0, 0.1) is 0 Å². The highest BCUT2D eigenvalue weighted by atomic mass is 16.5. The number of pyridine rings is 1. The number of Topliss-reactive ketones (excluding diaryl/α,β-unsaturated/α-hetero) is 1. The lowest BCUT2D eigenvalue weighted by molar-refractivity contribution is 0.0929. The van der Waals surface area contributed by atoms with Crippen LogP contribution in [-0.4, -0.2) is 17.4 Å². The first-order valence-corrected chi connectivity index (χ1v) is 3.49. The fourth-order valence-corrected chi connectivity index (χ4v) is 1.09. The molecule has 2 rings (SSSR count). The lowest BCUT2D eigenvalue weighted by Crippen LogP contribution is -2.15. The van der Waals surface area contributed by atoms with E-state index in [2.05, 4.69) is 4.98 Å². The summed E-state index contributed by atoms with van der Waals surface area (Å²) in [6.45, 7) is 0.461. The van der Waals surface area contributed by atoms with Crippen molar-refractivity contribution >= 4 is 5.78 Å². The van der Waals surface area contributed by atoms with E-state index in [0.717, 1.165) is 0 Å². The monoisotopic (exact) mass is 149 g/mol. The quantitative estimate of drug-likeness (QED) is 0.553. The molecule has 0 radical (unpaired) electrons. The second-order valence-electron chi connectivity index (χ2n) is 2.38. The molecule has 1 aliphatic heterocycles. The summed E-state index contributed by atoms with van der Waals surface area (Å²) in [7, 11) is 0. The van der Waals surface area contributed by atoms with E-state index in [1.807, 2.05) is 0 Å². The number of hydrogen-bond donors (Lipinski definition) is 0. The van der Waals surface area contributed by atoms with Crippen molar-refractivity contribution in [2.75, 3.05) is 6.61 Å². The number of fused-ring (bicyclic) bond motifs is 1. The highest BCUT2D eigenvalue weighted by Gasteiger charge is 2.17. The Bertz CT molecular complexity index is 296. The average Bonchev–Trinajstić information content (AvgIpc) is 2.06. The highest BCUT2D eigenvalue weighted by molar-refractivity contribution is 5.98. The molecule has 0 fully saturated rings. The van der Waals surface area contributed by atoms with Crippen molar-refractivity contribution in [1.82, 2.24) is 4.98 Å². The number of carbonyl (C=O) groups is 1. The molecule has 0 saturated heterocycles. The van der Waals surface area contributed by atoms with Crippen LogP contribution in [0.15, 0.2) is 18.3 Å². The zero-order valence-corrected chi connectivity index (χ0v) is 5.91. The SMILES string of the molecule is O=C1CCOc2ncccc21. The Morgan fingerprint density at radius 3 is 3.27 bits per heavy atom. The van der Waals surface area contributed by atoms with E-state index in [-0.39, 0.29) is 5.78 Å². The number of hydrogen-bond acceptors (Lipinski definition) is 3. The second-order valence-corrected chi connectivity index (χ2v) is 2.38. The molecule has 3 heteroatoms. The fourth-order valence-electron chi connectivity index (χ4n) is 1.09. The van der Waals surface area contributed by atoms with Gasteiger partial charge in [-0.25, -0.2) is 4.98 Å². The topological polar surface area (TPSA) is 39.2 Å². The van der Waals surface area contributed by atoms with Crippen molar-refractivity contribution < 1.29 is 9.53 Å². The third kappa shape index (κ3) is 0.981. The summed E-state index contributed by atoms with van der Waals surface area (Å²) >= 11 is 0. The summed E-state index contributed by atoms with van der Waals surface area (Å²) in [6, 6.07) is 3.48. The van der Waals surface area contributed by atoms with Gasteiger partial charge < -0.3 is 4.74 Å². The Balaban J connectivity index is 2.52. The first kappa shape index (κ1) is 6.34. The minimum atomic E-state index is 0.124. The van der Waals surface area contributed by atoms with Gasteiger partial charge >= 0.3 is 0 Å². The van der Waals surface area contributed by atoms with Gasteiger partial charge in [-0.3, -0.25) is 4.79 Å². The van der Waals surface area contributed by atoms with Gasteiger partial charge in [0.05, 0.1) is 12.2 Å². The van der Waals surface area contributed by atoms with Gasteiger partial charge in [0.25, 0.3) is 0 Å². The Kier molecular flexibility index (Phi) is 1.35. The zero-order valence-electron chi connectivity index (χ0n) is 5.91. The van der Waals surface area contributed by atoms with Gasteiger partial charge in [0.1, 0.15) is 0 Å². The van der Waals surface area contributed by atoms with Crippen LogP contribution in [0.4, 0.5) is 0 Å². The van der Waals surface area contributed by atoms with Gasteiger partial charge in [-0.15, -0.1) is 0 Å². The zero-order chi connectivity index (χ0) is 7.68. The van der Waals surface area contributed by atoms with Gasteiger partial charge in [-0.05, 0) is 12.1 Å². The molecule has 0 unspecified atom stereocenters. The molecule has 3 nitrogen and oxygen atoms in total. The van der Waals surface area contributed by atoms with Crippen molar-refractivity contribution in [3.63, 3.8) is 0 Å². The normalized spacial score (nSPS) is 15.5. The second kappa shape index (κ2) is 2.34. The summed E-state index contributed by atoms with van der Waals surface area (Å²) in [4.78, 5) is 15.1. The lowest BCUT2D eigenvalue weighted by atomic mass is 10.1. The molecule has 0 spiro atoms. The largest absolute Gasteiger partial charge is 0.477 e. The molecule has 1 aliphatic rings. The van der Waals surface area contributed by atoms with Gasteiger partial charge in [-0.2, -0.15) is 0 Å². The first-order valence-electron chi connectivity index (χ1n) is 3.49. The molecule has 0 aliphatic carbocycles. The van der Waals surface area contributed by atoms with Gasteiger partial charge in [-0.1, -0.05) is 0 Å². The first-order chi connectivity index (χ1) is 5.38. The van der Waals surface area contributed by atoms with Crippen LogP contribution >= 0.6 is 0 Å². The van der Waals surface area contributed by atoms with E-state index < -0.39 is 0 Å². The number of nitrogens with zero attached hydrogens (tertiary/aromatic N) is 1. The minimum Gasteiger partial charge on any atom is -0.477 e. The molecule has 0 atom stereocenters. The molecule has 0 aromatic carbocycles. The fraction of sp³-hybridized carbons (Fsp3) is 0.250. The van der Waals surface area contributed by atoms with Crippen LogP contribution in [0.1, 0.15) is 16.8 Å². The third-order valence-electron chi connectivity index (χ3n) is 1.64. The molecule has 1 aromatic heterocycles. The van der Waals surface area contributed by atoms with E-state index in [4.69, 9.17) is 4.74 Å². The molecule has 56 valence electrons. The van der Waals surface area contributed by atoms with Crippen LogP contribution in [0.3, 0.4) is 0 Å². The predicted molar refractivity (Wildman–Crippen MR) is 38.7 cm³/mol. The predicted octanol–water partition coefficient (Wildman–Crippen LogP) is 1.05. The van der Waals surface area contributed by atoms with Crippen LogP contribution in [0.5, 0.6) is 5.88 Å². The number of aromatic nitrogens is 1. The molecule has 0 amide bonds. The highest BCUT2D eigenvalue weighted by Crippen LogP contribution is 2.20. The Morgan fingerprint density at radius 1 is 1.55 bits per heavy atom. The van der Waals surface area contributed by atoms with Crippen molar-refractivity contribution in [3.8, 4) is 5.88 Å². The molecule has 1 aromatic rings. The minimum absolute atomic E-state index is 0.124. The molecule has 0 saturated carbocycles. The summed E-state index contributed by atoms with van der Waals surface area (Å²) in [5.74, 6) is 0.600. The Labute approximate surface area is 64.0 Å². The molecular formula is C8H7NO2. The maximum absolute atomic E-state index is 11.2. The van der Waals surface area contributed by atoms with Crippen molar-refractivity contribution in [3.05, 3.63) is 23.9 Å². The smallest absolute Gasteiger partial charge is 0.224 e. The van der Waals surface area contributed by atoms with Gasteiger partial charge in [0.2, 0.25) is 5.88 Å². The van der Waals surface area contributed by atoms with Crippen LogP contribution in [0.25, 0.3) is 0 Å². The standard InChI is InChI=1S/C8H7NO2/c10-7-3-5-11-8-6(7)2-1-4-9-8/h1-2,4H,3,5H2. The number of ether oxygens (including phenoxy) is 1. The van der Waals surface area contributed by atoms with E-state index in [9.17, 15) is 4.79 Å². The summed E-state index contributed by atoms with van der Waals surface area (Å²) in [5.41, 5.74) is 0.610. The van der Waals surface area contributed by atoms with Crippen molar-refractivity contribution in [2.24, 2.45) is 0 Å². The maximum Gasteiger partial charge on any atom is 0.224 e. The average molecular weight is 149 g/mol. The van der Waals surface area contributed by atoms with Gasteiger partial charge in [0.15, 0.2) is 5.78 Å². The molecule has 11 heavy (non-hydrogen) atoms. The number of rotatable bonds is 0. The molecule has 0 N–H and O–H groups in total. The van der Waals surface area contributed by atoms with E-state index >= 15 is 0 Å². The van der Waals surface area contributed by atoms with Gasteiger partial charge in [0, 0.05) is 12.6 Å². The van der Waals surface area contributed by atoms with E-state index in [1.165, 1.54) is 0 Å². The van der Waals surface area contributed by atoms with Crippen molar-refractivity contribution in [1.29, 1.82) is 0 Å². The number of carbonyl (C=O) groups excluding carboxylic acids is 1. The lowest BCUT2D eigenvalue weighted by Gasteiger charge is -2.13. The summed E-state index contributed by atoms with van der Waals surface area (Å²) < 4.78 is 5.16. The van der Waals surface area contributed by atoms with Crippen LogP contribution in [0.2, 0.25) is 0 Å². The molecule has 0 bridgehead atoms. The maximum atomic E-state index is 11.2. The number of ketones is 1. The summed E-state index contributed by atoms with van der Waals surface area (Å²) in [6.07, 6.45) is 2.09. The molecular weight excluding hydrogens is 142 g/mol.